The summed E-state index contributed by atoms with van der Waals surface area (Å²) < 4.78 is 0. The van der Waals surface area contributed by atoms with Crippen LogP contribution in [0.3, 0.4) is 0 Å². The lowest BCUT2D eigenvalue weighted by Crippen LogP contribution is -2.37. The quantitative estimate of drug-likeness (QED) is 0.848. The molecule has 110 valence electrons. The summed E-state index contributed by atoms with van der Waals surface area (Å²) in [5, 5.41) is 3.29. The molecule has 3 N–H and O–H groups in total. The van der Waals surface area contributed by atoms with Gasteiger partial charge in [-0.1, -0.05) is 6.92 Å². The number of hydrogen-bond acceptors (Lipinski definition) is 4. The van der Waals surface area contributed by atoms with Crippen LogP contribution >= 0.6 is 0 Å². The summed E-state index contributed by atoms with van der Waals surface area (Å²) in [7, 11) is 0. The van der Waals surface area contributed by atoms with E-state index in [0.29, 0.717) is 6.54 Å². The van der Waals surface area contributed by atoms with Gasteiger partial charge in [0.1, 0.15) is 5.82 Å². The molecule has 0 bridgehead atoms. The number of nitrogens with zero attached hydrogens (tertiary/aromatic N) is 2. The van der Waals surface area contributed by atoms with Crippen molar-refractivity contribution in [3.8, 4) is 0 Å². The molecule has 0 saturated carbocycles. The molecule has 1 aliphatic rings. The average Bonchev–Trinajstić information content (AvgIpc) is 2.80. The van der Waals surface area contributed by atoms with Gasteiger partial charge < -0.3 is 16.0 Å². The number of anilines is 1. The van der Waals surface area contributed by atoms with E-state index in [9.17, 15) is 4.79 Å². The van der Waals surface area contributed by atoms with E-state index in [2.05, 4.69) is 35.1 Å². The largest absolute Gasteiger partial charge is 0.369 e. The molecule has 1 saturated heterocycles. The number of amides is 1. The van der Waals surface area contributed by atoms with E-state index in [4.69, 9.17) is 5.73 Å². The number of aromatic nitrogens is 1. The molecule has 1 fully saturated rings. The highest BCUT2D eigenvalue weighted by molar-refractivity contribution is 5.82. The molecule has 0 aromatic carbocycles. The molecule has 1 aromatic rings. The molecule has 1 atom stereocenters. The van der Waals surface area contributed by atoms with Crippen LogP contribution in [0, 0.1) is 12.3 Å². The predicted molar refractivity (Wildman–Crippen MR) is 80.5 cm³/mol. The van der Waals surface area contributed by atoms with Crippen molar-refractivity contribution in [2.75, 3.05) is 24.5 Å². The molecule has 5 nitrogen and oxygen atoms in total. The van der Waals surface area contributed by atoms with Gasteiger partial charge in [-0.15, -0.1) is 0 Å². The van der Waals surface area contributed by atoms with Crippen molar-refractivity contribution in [1.29, 1.82) is 0 Å². The van der Waals surface area contributed by atoms with Crippen LogP contribution in [0.15, 0.2) is 12.3 Å². The average molecular weight is 276 g/mol. The minimum atomic E-state index is -0.434. The van der Waals surface area contributed by atoms with Crippen LogP contribution in [0.25, 0.3) is 0 Å². The number of rotatable bonds is 5. The Balaban J connectivity index is 2.12. The van der Waals surface area contributed by atoms with Crippen LogP contribution < -0.4 is 16.0 Å². The fourth-order valence-corrected chi connectivity index (χ4v) is 2.67. The summed E-state index contributed by atoms with van der Waals surface area (Å²) in [5.74, 6) is 0.747. The van der Waals surface area contributed by atoms with E-state index >= 15 is 0 Å². The molecule has 1 unspecified atom stereocenters. The van der Waals surface area contributed by atoms with E-state index < -0.39 is 5.41 Å². The fraction of sp³-hybridized carbons (Fsp3) is 0.600. The first kappa shape index (κ1) is 14.8. The van der Waals surface area contributed by atoms with Crippen molar-refractivity contribution in [3.63, 3.8) is 0 Å². The Morgan fingerprint density at radius 2 is 2.35 bits per heavy atom. The van der Waals surface area contributed by atoms with E-state index in [-0.39, 0.29) is 5.91 Å². The van der Waals surface area contributed by atoms with E-state index in [0.717, 1.165) is 37.4 Å². The fourth-order valence-electron chi connectivity index (χ4n) is 2.67. The zero-order chi connectivity index (χ0) is 14.8. The molecular formula is C15H24N4O. The highest BCUT2D eigenvalue weighted by Gasteiger charge is 2.39. The van der Waals surface area contributed by atoms with Crippen LogP contribution in [0.4, 0.5) is 5.82 Å². The van der Waals surface area contributed by atoms with Crippen LogP contribution in [-0.2, 0) is 11.3 Å². The normalized spacial score (nSPS) is 22.2. The van der Waals surface area contributed by atoms with Crippen LogP contribution in [0.1, 0.15) is 31.4 Å². The Kier molecular flexibility index (Phi) is 4.28. The summed E-state index contributed by atoms with van der Waals surface area (Å²) in [5.41, 5.74) is 7.39. The number of aryl methyl sites for hydroxylation is 1. The van der Waals surface area contributed by atoms with Crippen molar-refractivity contribution in [3.05, 3.63) is 23.4 Å². The van der Waals surface area contributed by atoms with E-state index in [1.807, 2.05) is 13.1 Å². The maximum atomic E-state index is 11.5. The predicted octanol–water partition coefficient (Wildman–Crippen LogP) is 1.20. The van der Waals surface area contributed by atoms with Gasteiger partial charge in [0.15, 0.2) is 0 Å². The van der Waals surface area contributed by atoms with Crippen LogP contribution in [0.2, 0.25) is 0 Å². The molecule has 2 heterocycles. The summed E-state index contributed by atoms with van der Waals surface area (Å²) in [6.07, 6.45) is 2.70. The Bertz CT molecular complexity index is 503. The van der Waals surface area contributed by atoms with E-state index in [1.165, 1.54) is 5.56 Å². The molecule has 2 rings (SSSR count). The number of hydrogen-bond donors (Lipinski definition) is 2. The van der Waals surface area contributed by atoms with Crippen molar-refractivity contribution in [2.24, 2.45) is 11.1 Å². The van der Waals surface area contributed by atoms with Gasteiger partial charge in [-0.05, 0) is 44.0 Å². The maximum absolute atomic E-state index is 11.5. The van der Waals surface area contributed by atoms with Crippen LogP contribution in [0.5, 0.6) is 0 Å². The Morgan fingerprint density at radius 1 is 1.60 bits per heavy atom. The second-order valence-corrected chi connectivity index (χ2v) is 5.86. The SMILES string of the molecule is CCNCc1cnc(N2CCC(C)(C(N)=O)C2)c(C)c1. The van der Waals surface area contributed by atoms with Crippen molar-refractivity contribution < 1.29 is 4.79 Å². The molecule has 1 amide bonds. The molecular weight excluding hydrogens is 252 g/mol. The van der Waals surface area contributed by atoms with Crippen molar-refractivity contribution in [1.82, 2.24) is 10.3 Å². The van der Waals surface area contributed by atoms with Crippen molar-refractivity contribution in [2.45, 2.75) is 33.7 Å². The van der Waals surface area contributed by atoms with Crippen molar-refractivity contribution >= 4 is 11.7 Å². The number of primary amides is 1. The molecule has 5 heteroatoms. The first-order valence-electron chi connectivity index (χ1n) is 7.17. The Morgan fingerprint density at radius 3 is 2.90 bits per heavy atom. The lowest BCUT2D eigenvalue weighted by atomic mass is 9.89. The smallest absolute Gasteiger partial charge is 0.225 e. The Labute approximate surface area is 120 Å². The topological polar surface area (TPSA) is 71.2 Å². The second-order valence-electron chi connectivity index (χ2n) is 5.86. The number of nitrogens with two attached hydrogens (primary N) is 1. The standard InChI is InChI=1S/C15H24N4O/c1-4-17-8-12-7-11(2)13(18-9-12)19-6-5-15(3,10-19)14(16)20/h7,9,17H,4-6,8,10H2,1-3H3,(H2,16,20). The van der Waals surface area contributed by atoms with Gasteiger partial charge in [0, 0.05) is 25.8 Å². The molecule has 0 aliphatic carbocycles. The number of carbonyl (C=O) groups is 1. The first-order valence-corrected chi connectivity index (χ1v) is 7.17. The summed E-state index contributed by atoms with van der Waals surface area (Å²) >= 11 is 0. The molecule has 1 aliphatic heterocycles. The monoisotopic (exact) mass is 276 g/mol. The molecule has 0 spiro atoms. The summed E-state index contributed by atoms with van der Waals surface area (Å²) in [6, 6.07) is 2.16. The number of pyridine rings is 1. The third-order valence-corrected chi connectivity index (χ3v) is 4.05. The molecule has 0 radical (unpaired) electrons. The van der Waals surface area contributed by atoms with Gasteiger partial charge in [0.2, 0.25) is 5.91 Å². The maximum Gasteiger partial charge on any atom is 0.225 e. The molecule has 20 heavy (non-hydrogen) atoms. The highest BCUT2D eigenvalue weighted by Crippen LogP contribution is 2.33. The third-order valence-electron chi connectivity index (χ3n) is 4.05. The summed E-state index contributed by atoms with van der Waals surface area (Å²) in [4.78, 5) is 18.3. The van der Waals surface area contributed by atoms with Gasteiger partial charge in [0.25, 0.3) is 0 Å². The molecule has 1 aromatic heterocycles. The van der Waals surface area contributed by atoms with Gasteiger partial charge in [-0.25, -0.2) is 4.98 Å². The Hall–Kier alpha value is -1.62. The van der Waals surface area contributed by atoms with Gasteiger partial charge >= 0.3 is 0 Å². The number of nitrogens with one attached hydrogen (secondary N) is 1. The van der Waals surface area contributed by atoms with Gasteiger partial charge in [-0.3, -0.25) is 4.79 Å². The minimum absolute atomic E-state index is 0.221. The van der Waals surface area contributed by atoms with E-state index in [1.54, 1.807) is 0 Å². The van der Waals surface area contributed by atoms with Gasteiger partial charge in [0.05, 0.1) is 5.41 Å². The zero-order valence-electron chi connectivity index (χ0n) is 12.6. The minimum Gasteiger partial charge on any atom is -0.369 e. The van der Waals surface area contributed by atoms with Gasteiger partial charge in [-0.2, -0.15) is 0 Å². The highest BCUT2D eigenvalue weighted by atomic mass is 16.1. The first-order chi connectivity index (χ1) is 9.46. The zero-order valence-corrected chi connectivity index (χ0v) is 12.6. The second kappa shape index (κ2) is 5.79. The van der Waals surface area contributed by atoms with Crippen LogP contribution in [-0.4, -0.2) is 30.5 Å². The number of carbonyl (C=O) groups excluding carboxylic acids is 1. The third kappa shape index (κ3) is 2.93. The summed E-state index contributed by atoms with van der Waals surface area (Å²) in [6.45, 7) is 9.36. The lowest BCUT2D eigenvalue weighted by molar-refractivity contribution is -0.125. The lowest BCUT2D eigenvalue weighted by Gasteiger charge is -2.23.